The predicted molar refractivity (Wildman–Crippen MR) is 61.7 cm³/mol. The first-order valence-electron chi connectivity index (χ1n) is 4.88. The summed E-state index contributed by atoms with van der Waals surface area (Å²) in [5, 5.41) is 3.47. The van der Waals surface area contributed by atoms with Crippen LogP contribution in [0, 0.1) is 5.82 Å². The summed E-state index contributed by atoms with van der Waals surface area (Å²) in [5.74, 6) is -0.0632. The first-order valence-corrected chi connectivity index (χ1v) is 4.88. The molecule has 0 unspecified atom stereocenters. The smallest absolute Gasteiger partial charge is 0.165 e. The number of azide groups is 1. The van der Waals surface area contributed by atoms with Crippen LogP contribution in [0.3, 0.4) is 0 Å². The fourth-order valence-corrected chi connectivity index (χ4v) is 1.32. The van der Waals surface area contributed by atoms with Crippen molar-refractivity contribution >= 4 is 5.69 Å². The van der Waals surface area contributed by atoms with E-state index in [1.54, 1.807) is 36.4 Å². The highest BCUT2D eigenvalue weighted by molar-refractivity contribution is 5.52. The summed E-state index contributed by atoms with van der Waals surface area (Å²) in [7, 11) is 0. The summed E-state index contributed by atoms with van der Waals surface area (Å²) in [4.78, 5) is 2.68. The van der Waals surface area contributed by atoms with Gasteiger partial charge in [-0.15, -0.1) is 0 Å². The maximum atomic E-state index is 13.4. The van der Waals surface area contributed by atoms with E-state index in [0.29, 0.717) is 11.4 Å². The van der Waals surface area contributed by atoms with E-state index in [2.05, 4.69) is 10.0 Å². The topological polar surface area (TPSA) is 58.0 Å². The summed E-state index contributed by atoms with van der Waals surface area (Å²) < 4.78 is 18.7. The molecule has 0 atom stereocenters. The number of ether oxygens (including phenoxy) is 1. The van der Waals surface area contributed by atoms with Crippen LogP contribution in [0.25, 0.3) is 10.4 Å². The van der Waals surface area contributed by atoms with Crippen molar-refractivity contribution in [1.29, 1.82) is 0 Å². The SMILES string of the molecule is [N-]=[N+]=Nc1ccccc1Oc1ccccc1F. The molecular weight excluding hydrogens is 221 g/mol. The second-order valence-electron chi connectivity index (χ2n) is 3.19. The molecule has 0 spiro atoms. The van der Waals surface area contributed by atoms with Crippen molar-refractivity contribution < 1.29 is 9.13 Å². The predicted octanol–water partition coefficient (Wildman–Crippen LogP) is 4.56. The highest BCUT2D eigenvalue weighted by Gasteiger charge is 2.06. The highest BCUT2D eigenvalue weighted by Crippen LogP contribution is 2.32. The average molecular weight is 229 g/mol. The Kier molecular flexibility index (Phi) is 3.23. The van der Waals surface area contributed by atoms with E-state index in [0.717, 1.165) is 0 Å². The number of nitrogens with zero attached hydrogens (tertiary/aromatic N) is 3. The van der Waals surface area contributed by atoms with E-state index in [4.69, 9.17) is 10.3 Å². The molecule has 0 radical (unpaired) electrons. The Balaban J connectivity index is 2.36. The van der Waals surface area contributed by atoms with Crippen LogP contribution < -0.4 is 4.74 Å². The van der Waals surface area contributed by atoms with Gasteiger partial charge in [0.25, 0.3) is 0 Å². The maximum Gasteiger partial charge on any atom is 0.165 e. The Morgan fingerprint density at radius 1 is 1.00 bits per heavy atom. The number of para-hydroxylation sites is 2. The Bertz CT molecular complexity index is 579. The molecule has 0 saturated carbocycles. The van der Waals surface area contributed by atoms with Gasteiger partial charge in [0, 0.05) is 4.91 Å². The largest absolute Gasteiger partial charge is 0.454 e. The number of hydrogen-bond donors (Lipinski definition) is 0. The Hall–Kier alpha value is -2.52. The number of rotatable bonds is 3. The Labute approximate surface area is 96.9 Å². The van der Waals surface area contributed by atoms with Gasteiger partial charge in [-0.3, -0.25) is 0 Å². The molecular formula is C12H8FN3O. The van der Waals surface area contributed by atoms with Crippen LogP contribution in [0.4, 0.5) is 10.1 Å². The Morgan fingerprint density at radius 2 is 1.65 bits per heavy atom. The molecule has 5 heteroatoms. The number of hydrogen-bond acceptors (Lipinski definition) is 2. The molecule has 0 fully saturated rings. The third kappa shape index (κ3) is 2.53. The van der Waals surface area contributed by atoms with E-state index in [-0.39, 0.29) is 5.75 Å². The molecule has 0 bridgehead atoms. The van der Waals surface area contributed by atoms with Gasteiger partial charge >= 0.3 is 0 Å². The molecule has 2 aromatic carbocycles. The fraction of sp³-hybridized carbons (Fsp3) is 0. The van der Waals surface area contributed by atoms with Crippen molar-refractivity contribution in [3.63, 3.8) is 0 Å². The molecule has 0 aliphatic heterocycles. The fourth-order valence-electron chi connectivity index (χ4n) is 1.32. The van der Waals surface area contributed by atoms with Crippen LogP contribution >= 0.6 is 0 Å². The van der Waals surface area contributed by atoms with Crippen LogP contribution in [0.1, 0.15) is 0 Å². The minimum atomic E-state index is -0.469. The lowest BCUT2D eigenvalue weighted by atomic mass is 10.3. The molecule has 0 aromatic heterocycles. The average Bonchev–Trinajstić information content (AvgIpc) is 2.35. The lowest BCUT2D eigenvalue weighted by Gasteiger charge is -2.08. The molecule has 0 aliphatic rings. The third-order valence-electron chi connectivity index (χ3n) is 2.07. The second kappa shape index (κ2) is 5.01. The molecule has 0 saturated heterocycles. The lowest BCUT2D eigenvalue weighted by molar-refractivity contribution is 0.443. The van der Waals surface area contributed by atoms with E-state index >= 15 is 0 Å². The molecule has 2 rings (SSSR count). The van der Waals surface area contributed by atoms with Crippen molar-refractivity contribution in [1.82, 2.24) is 0 Å². The van der Waals surface area contributed by atoms with Gasteiger partial charge in [0.05, 0.1) is 5.69 Å². The molecule has 0 heterocycles. The minimum absolute atomic E-state index is 0.0908. The highest BCUT2D eigenvalue weighted by atomic mass is 19.1. The van der Waals surface area contributed by atoms with Gasteiger partial charge in [0.15, 0.2) is 11.6 Å². The van der Waals surface area contributed by atoms with Crippen molar-refractivity contribution in [3.8, 4) is 11.5 Å². The van der Waals surface area contributed by atoms with Crippen molar-refractivity contribution in [2.24, 2.45) is 5.11 Å². The molecule has 17 heavy (non-hydrogen) atoms. The molecule has 0 N–H and O–H groups in total. The van der Waals surface area contributed by atoms with Crippen molar-refractivity contribution in [2.45, 2.75) is 0 Å². The van der Waals surface area contributed by atoms with Gasteiger partial charge in [-0.2, -0.15) is 0 Å². The van der Waals surface area contributed by atoms with E-state index < -0.39 is 5.82 Å². The van der Waals surface area contributed by atoms with Crippen LogP contribution in [-0.2, 0) is 0 Å². The first kappa shape index (κ1) is 11.0. The van der Waals surface area contributed by atoms with Crippen molar-refractivity contribution in [2.75, 3.05) is 0 Å². The normalized spacial score (nSPS) is 9.47. The summed E-state index contributed by atoms with van der Waals surface area (Å²) >= 11 is 0. The minimum Gasteiger partial charge on any atom is -0.454 e. The zero-order chi connectivity index (χ0) is 12.1. The quantitative estimate of drug-likeness (QED) is 0.432. The number of benzene rings is 2. The van der Waals surface area contributed by atoms with E-state index in [1.807, 2.05) is 0 Å². The summed E-state index contributed by atoms with van der Waals surface area (Å²) in [6.45, 7) is 0. The zero-order valence-corrected chi connectivity index (χ0v) is 8.75. The van der Waals surface area contributed by atoms with Gasteiger partial charge in [0.2, 0.25) is 0 Å². The third-order valence-corrected chi connectivity index (χ3v) is 2.07. The van der Waals surface area contributed by atoms with Crippen LogP contribution in [-0.4, -0.2) is 0 Å². The van der Waals surface area contributed by atoms with E-state index in [1.165, 1.54) is 12.1 Å². The number of halogens is 1. The Morgan fingerprint density at radius 3 is 2.35 bits per heavy atom. The second-order valence-corrected chi connectivity index (χ2v) is 3.19. The van der Waals surface area contributed by atoms with Crippen molar-refractivity contribution in [3.05, 3.63) is 64.8 Å². The molecule has 4 nitrogen and oxygen atoms in total. The van der Waals surface area contributed by atoms with Gasteiger partial charge < -0.3 is 4.74 Å². The van der Waals surface area contributed by atoms with Gasteiger partial charge in [-0.05, 0) is 29.8 Å². The summed E-state index contributed by atoms with van der Waals surface area (Å²) in [6.07, 6.45) is 0. The standard InChI is InChI=1S/C12H8FN3O/c13-9-5-1-3-7-11(9)17-12-8-4-2-6-10(12)15-16-14/h1-8H. The maximum absolute atomic E-state index is 13.4. The first-order chi connectivity index (χ1) is 8.31. The summed E-state index contributed by atoms with van der Waals surface area (Å²) in [6, 6.07) is 12.7. The van der Waals surface area contributed by atoms with Gasteiger partial charge in [-0.25, -0.2) is 4.39 Å². The lowest BCUT2D eigenvalue weighted by Crippen LogP contribution is -1.87. The molecule has 0 aliphatic carbocycles. The molecule has 84 valence electrons. The molecule has 0 amide bonds. The van der Waals surface area contributed by atoms with Crippen LogP contribution in [0.5, 0.6) is 11.5 Å². The summed E-state index contributed by atoms with van der Waals surface area (Å²) in [5.41, 5.74) is 8.71. The van der Waals surface area contributed by atoms with E-state index in [9.17, 15) is 4.39 Å². The van der Waals surface area contributed by atoms with Gasteiger partial charge in [0.1, 0.15) is 5.75 Å². The monoisotopic (exact) mass is 229 g/mol. The molecule has 2 aromatic rings. The van der Waals surface area contributed by atoms with Gasteiger partial charge in [-0.1, -0.05) is 29.4 Å². The van der Waals surface area contributed by atoms with Crippen LogP contribution in [0.15, 0.2) is 53.6 Å². The van der Waals surface area contributed by atoms with Crippen LogP contribution in [0.2, 0.25) is 0 Å². The zero-order valence-electron chi connectivity index (χ0n) is 8.75.